The number of morpholine rings is 1. The van der Waals surface area contributed by atoms with Crippen LogP contribution in [-0.2, 0) is 11.3 Å². The molecule has 0 spiro atoms. The molecule has 0 aliphatic carbocycles. The lowest BCUT2D eigenvalue weighted by atomic mass is 9.95. The van der Waals surface area contributed by atoms with Crippen molar-refractivity contribution in [3.8, 4) is 11.3 Å². The van der Waals surface area contributed by atoms with Crippen molar-refractivity contribution in [3.63, 3.8) is 0 Å². The van der Waals surface area contributed by atoms with Gasteiger partial charge in [0.05, 0.1) is 23.9 Å². The number of anilines is 2. The van der Waals surface area contributed by atoms with Gasteiger partial charge in [0.1, 0.15) is 22.9 Å². The molecule has 8 nitrogen and oxygen atoms in total. The van der Waals surface area contributed by atoms with Crippen LogP contribution < -0.4 is 5.32 Å². The maximum Gasteiger partial charge on any atom is 0.238 e. The van der Waals surface area contributed by atoms with Crippen LogP contribution in [0.4, 0.5) is 29.3 Å². The Morgan fingerprint density at radius 3 is 2.58 bits per heavy atom. The molecule has 4 aromatic rings. The van der Waals surface area contributed by atoms with Crippen LogP contribution in [0.25, 0.3) is 22.3 Å². The molecular formula is C31H37F4N7O. The largest absolute Gasteiger partial charge is 0.373 e. The summed E-state index contributed by atoms with van der Waals surface area (Å²) in [4.78, 5) is 19.5. The topological polar surface area (TPSA) is 81.0 Å². The van der Waals surface area contributed by atoms with Crippen molar-refractivity contribution in [3.05, 3.63) is 59.7 Å². The molecule has 0 unspecified atom stereocenters. The zero-order valence-electron chi connectivity index (χ0n) is 24.9. The maximum atomic E-state index is 15.0. The average Bonchev–Trinajstić information content (AvgIpc) is 3.30. The van der Waals surface area contributed by atoms with Crippen LogP contribution in [0.5, 0.6) is 0 Å². The highest BCUT2D eigenvalue weighted by molar-refractivity contribution is 5.83. The van der Waals surface area contributed by atoms with Gasteiger partial charge in [0.15, 0.2) is 11.6 Å². The van der Waals surface area contributed by atoms with Crippen LogP contribution in [0.2, 0.25) is 0 Å². The first-order chi connectivity index (χ1) is 20.5. The summed E-state index contributed by atoms with van der Waals surface area (Å²) in [5.74, 6) is 0.0497. The van der Waals surface area contributed by atoms with Crippen LogP contribution in [0.1, 0.15) is 63.9 Å². The van der Waals surface area contributed by atoms with E-state index in [0.29, 0.717) is 49.7 Å². The Kier molecular flexibility index (Phi) is 9.26. The average molecular weight is 600 g/mol. The van der Waals surface area contributed by atoms with E-state index in [4.69, 9.17) is 4.74 Å². The lowest BCUT2D eigenvalue weighted by molar-refractivity contribution is -0.105. The van der Waals surface area contributed by atoms with Crippen molar-refractivity contribution in [1.82, 2.24) is 29.4 Å². The Morgan fingerprint density at radius 2 is 1.86 bits per heavy atom. The standard InChI is InChI=1S/C31H37F4N7O/c1-19(2)42-20(3)38-29-23(32)13-22(14-25(29)42)28-24(33)16-37-30(40-28)39-27-9-8-21(15-36-27)17-41-11-12-43-31(4,18-41)10-6-5-7-26(34)35/h8-9,13-16,19,26H,5-7,10-12,17-18H2,1-4H3,(H,36,37,39,40)/t31-/m1/s1. The number of halogens is 4. The highest BCUT2D eigenvalue weighted by atomic mass is 19.3. The molecule has 4 heterocycles. The van der Waals surface area contributed by atoms with Gasteiger partial charge in [0.2, 0.25) is 12.4 Å². The normalized spacial score (nSPS) is 17.8. The molecule has 3 aromatic heterocycles. The number of ether oxygens (including phenoxy) is 1. The van der Waals surface area contributed by atoms with Gasteiger partial charge in [0, 0.05) is 43.9 Å². The van der Waals surface area contributed by atoms with Crippen molar-refractivity contribution in [1.29, 1.82) is 0 Å². The minimum absolute atomic E-state index is 0.0337. The summed E-state index contributed by atoms with van der Waals surface area (Å²) in [6.45, 7) is 10.5. The Balaban J connectivity index is 1.26. The molecule has 0 bridgehead atoms. The molecule has 43 heavy (non-hydrogen) atoms. The number of aromatic nitrogens is 5. The first-order valence-electron chi connectivity index (χ1n) is 14.6. The third kappa shape index (κ3) is 7.30. The third-order valence-electron chi connectivity index (χ3n) is 7.72. The van der Waals surface area contributed by atoms with Gasteiger partial charge in [0.25, 0.3) is 0 Å². The number of imidazole rings is 1. The molecule has 1 atom stereocenters. The monoisotopic (exact) mass is 599 g/mol. The van der Waals surface area contributed by atoms with Crippen LogP contribution >= 0.6 is 0 Å². The zero-order chi connectivity index (χ0) is 30.7. The van der Waals surface area contributed by atoms with E-state index in [-0.39, 0.29) is 40.8 Å². The summed E-state index contributed by atoms with van der Waals surface area (Å²) in [6, 6.07) is 6.71. The van der Waals surface area contributed by atoms with Gasteiger partial charge in [-0.2, -0.15) is 0 Å². The van der Waals surface area contributed by atoms with Crippen molar-refractivity contribution in [2.75, 3.05) is 25.0 Å². The molecule has 0 saturated carbocycles. The Labute approximate surface area is 248 Å². The highest BCUT2D eigenvalue weighted by Crippen LogP contribution is 2.31. The summed E-state index contributed by atoms with van der Waals surface area (Å²) in [5, 5.41) is 3.01. The van der Waals surface area contributed by atoms with E-state index >= 15 is 4.39 Å². The lowest BCUT2D eigenvalue weighted by Crippen LogP contribution is -2.49. The fourth-order valence-corrected chi connectivity index (χ4v) is 5.75. The van der Waals surface area contributed by atoms with Crippen LogP contribution in [0.15, 0.2) is 36.7 Å². The van der Waals surface area contributed by atoms with E-state index in [1.807, 2.05) is 38.3 Å². The molecule has 1 fully saturated rings. The van der Waals surface area contributed by atoms with E-state index in [9.17, 15) is 13.2 Å². The number of hydrogen-bond donors (Lipinski definition) is 1. The molecule has 0 amide bonds. The number of unbranched alkanes of at least 4 members (excludes halogenated alkanes) is 1. The van der Waals surface area contributed by atoms with Gasteiger partial charge in [-0.25, -0.2) is 37.5 Å². The minimum Gasteiger partial charge on any atom is -0.373 e. The van der Waals surface area contributed by atoms with Crippen molar-refractivity contribution in [2.24, 2.45) is 0 Å². The molecule has 0 radical (unpaired) electrons. The van der Waals surface area contributed by atoms with Gasteiger partial charge in [-0.05, 0) is 64.3 Å². The van der Waals surface area contributed by atoms with Gasteiger partial charge < -0.3 is 14.6 Å². The predicted octanol–water partition coefficient (Wildman–Crippen LogP) is 7.22. The number of benzene rings is 1. The van der Waals surface area contributed by atoms with Gasteiger partial charge in [-0.3, -0.25) is 4.90 Å². The third-order valence-corrected chi connectivity index (χ3v) is 7.72. The number of rotatable bonds is 11. The van der Waals surface area contributed by atoms with E-state index < -0.39 is 18.1 Å². The summed E-state index contributed by atoms with van der Waals surface area (Å²) in [6.07, 6.45) is 2.39. The zero-order valence-corrected chi connectivity index (χ0v) is 24.9. The Hall–Kier alpha value is -3.64. The molecule has 1 aliphatic heterocycles. The second-order valence-electron chi connectivity index (χ2n) is 11.7. The van der Waals surface area contributed by atoms with Gasteiger partial charge in [-0.1, -0.05) is 12.5 Å². The SMILES string of the molecule is Cc1nc2c(F)cc(-c3nc(Nc4ccc(CN5CCO[C@](C)(CCCCC(F)F)C5)cn4)ncc3F)cc2n1C(C)C. The molecule has 1 saturated heterocycles. The fourth-order valence-electron chi connectivity index (χ4n) is 5.75. The maximum absolute atomic E-state index is 15.0. The smallest absolute Gasteiger partial charge is 0.238 e. The van der Waals surface area contributed by atoms with E-state index in [1.54, 1.807) is 18.3 Å². The van der Waals surface area contributed by atoms with Crippen molar-refractivity contribution < 1.29 is 22.3 Å². The summed E-state index contributed by atoms with van der Waals surface area (Å²) >= 11 is 0. The Morgan fingerprint density at radius 1 is 1.05 bits per heavy atom. The van der Waals surface area contributed by atoms with Crippen molar-refractivity contribution in [2.45, 2.75) is 78.0 Å². The number of nitrogens with one attached hydrogen (secondary N) is 1. The van der Waals surface area contributed by atoms with E-state index in [1.165, 1.54) is 6.07 Å². The number of fused-ring (bicyclic) bond motifs is 1. The first-order valence-corrected chi connectivity index (χ1v) is 14.6. The molecular weight excluding hydrogens is 562 g/mol. The number of hydrogen-bond acceptors (Lipinski definition) is 7. The second-order valence-corrected chi connectivity index (χ2v) is 11.7. The summed E-state index contributed by atoms with van der Waals surface area (Å²) in [5.41, 5.74) is 1.68. The number of aryl methyl sites for hydroxylation is 1. The molecule has 5 rings (SSSR count). The lowest BCUT2D eigenvalue weighted by Gasteiger charge is -2.40. The Bertz CT molecular complexity index is 1560. The van der Waals surface area contributed by atoms with Gasteiger partial charge >= 0.3 is 0 Å². The predicted molar refractivity (Wildman–Crippen MR) is 157 cm³/mol. The second kappa shape index (κ2) is 12.9. The molecule has 12 heteroatoms. The molecule has 1 aliphatic rings. The van der Waals surface area contributed by atoms with Crippen molar-refractivity contribution >= 4 is 22.8 Å². The first kappa shape index (κ1) is 30.8. The van der Waals surface area contributed by atoms with Crippen LogP contribution in [0.3, 0.4) is 0 Å². The molecule has 230 valence electrons. The van der Waals surface area contributed by atoms with Gasteiger partial charge in [-0.15, -0.1) is 0 Å². The van der Waals surface area contributed by atoms with Crippen LogP contribution in [-0.4, -0.2) is 61.1 Å². The van der Waals surface area contributed by atoms with E-state index in [0.717, 1.165) is 24.7 Å². The number of nitrogens with zero attached hydrogens (tertiary/aromatic N) is 6. The summed E-state index contributed by atoms with van der Waals surface area (Å²) < 4.78 is 62.7. The fraction of sp³-hybridized carbons (Fsp3) is 0.484. The number of pyridine rings is 1. The van der Waals surface area contributed by atoms with Crippen LogP contribution in [0, 0.1) is 18.6 Å². The number of alkyl halides is 2. The summed E-state index contributed by atoms with van der Waals surface area (Å²) in [7, 11) is 0. The molecule has 1 N–H and O–H groups in total. The highest BCUT2D eigenvalue weighted by Gasteiger charge is 2.31. The molecule has 1 aromatic carbocycles. The quantitative estimate of drug-likeness (QED) is 0.144. The van der Waals surface area contributed by atoms with E-state index in [2.05, 4.69) is 30.2 Å². The minimum atomic E-state index is -2.26.